The molecule has 1 heterocycles. The van der Waals surface area contributed by atoms with Gasteiger partial charge < -0.3 is 9.69 Å². The Hall–Kier alpha value is -1.47. The van der Waals surface area contributed by atoms with Crippen molar-refractivity contribution >= 4 is 22.2 Å². The van der Waals surface area contributed by atoms with Gasteiger partial charge in [0.2, 0.25) is 0 Å². The van der Waals surface area contributed by atoms with E-state index >= 15 is 0 Å². The van der Waals surface area contributed by atoms with Crippen LogP contribution in [-0.2, 0) is 14.9 Å². The smallest absolute Gasteiger partial charge is 0.261 e. The summed E-state index contributed by atoms with van der Waals surface area (Å²) < 4.78 is 25.9. The molecule has 1 aromatic heterocycles. The zero-order chi connectivity index (χ0) is 12.6. The Morgan fingerprint density at radius 2 is 2.06 bits per heavy atom. The topological polar surface area (TPSA) is 87.6 Å². The first kappa shape index (κ1) is 14.5. The molecule has 0 aliphatic rings. The first-order valence-corrected chi connectivity index (χ1v) is 6.17. The molecule has 0 unspecified atom stereocenters. The van der Waals surface area contributed by atoms with Crippen LogP contribution >= 0.6 is 0 Å². The number of hydrogen-bond acceptors (Lipinski definition) is 5. The molecule has 0 amide bonds. The van der Waals surface area contributed by atoms with Crippen molar-refractivity contribution < 1.29 is 17.8 Å². The van der Waals surface area contributed by atoms with Crippen LogP contribution in [0.2, 0.25) is 0 Å². The lowest BCUT2D eigenvalue weighted by Crippen LogP contribution is -2.20. The van der Waals surface area contributed by atoms with Gasteiger partial charge in [0, 0.05) is 13.2 Å². The van der Waals surface area contributed by atoms with Gasteiger partial charge in [-0.3, -0.25) is 4.55 Å². The maximum atomic E-state index is 10.1. The Labute approximate surface area is 94.7 Å². The number of aromatic nitrogens is 1. The fourth-order valence-corrected chi connectivity index (χ4v) is 0.785. The SMILES string of the molecule is CN(CC=O)c1ccccn1.CS(=O)(=O)O. The monoisotopic (exact) mass is 246 g/mol. The number of carbonyl (C=O) groups excluding carboxylic acids is 1. The van der Waals surface area contributed by atoms with Gasteiger partial charge in [-0.05, 0) is 12.1 Å². The number of nitrogens with zero attached hydrogens (tertiary/aromatic N) is 2. The summed E-state index contributed by atoms with van der Waals surface area (Å²) in [6.45, 7) is 0.386. The van der Waals surface area contributed by atoms with Crippen LogP contribution in [0.3, 0.4) is 0 Å². The van der Waals surface area contributed by atoms with E-state index in [4.69, 9.17) is 4.55 Å². The second-order valence-electron chi connectivity index (χ2n) is 2.97. The molecule has 0 fully saturated rings. The molecular formula is C9H14N2O4S. The summed E-state index contributed by atoms with van der Waals surface area (Å²) in [6.07, 6.45) is 3.28. The van der Waals surface area contributed by atoms with E-state index in [1.807, 2.05) is 25.2 Å². The number of hydrogen-bond donors (Lipinski definition) is 1. The van der Waals surface area contributed by atoms with Gasteiger partial charge in [0.1, 0.15) is 12.1 Å². The van der Waals surface area contributed by atoms with Crippen LogP contribution < -0.4 is 4.90 Å². The van der Waals surface area contributed by atoms with Crippen LogP contribution in [0.25, 0.3) is 0 Å². The minimum Gasteiger partial charge on any atom is -0.353 e. The van der Waals surface area contributed by atoms with Crippen LogP contribution in [0.1, 0.15) is 0 Å². The lowest BCUT2D eigenvalue weighted by Gasteiger charge is -2.13. The first-order chi connectivity index (χ1) is 7.34. The van der Waals surface area contributed by atoms with Crippen LogP contribution in [0.15, 0.2) is 24.4 Å². The van der Waals surface area contributed by atoms with Crippen LogP contribution in [-0.4, -0.2) is 44.1 Å². The predicted octanol–water partition coefficient (Wildman–Crippen LogP) is 0.221. The maximum Gasteiger partial charge on any atom is 0.261 e. The summed E-state index contributed by atoms with van der Waals surface area (Å²) >= 11 is 0. The summed E-state index contributed by atoms with van der Waals surface area (Å²) in [5.41, 5.74) is 0. The number of pyridine rings is 1. The summed E-state index contributed by atoms with van der Waals surface area (Å²) in [5, 5.41) is 0. The summed E-state index contributed by atoms with van der Waals surface area (Å²) in [6, 6.07) is 5.60. The lowest BCUT2D eigenvalue weighted by molar-refractivity contribution is -0.106. The van der Waals surface area contributed by atoms with Crippen molar-refractivity contribution in [3.63, 3.8) is 0 Å². The van der Waals surface area contributed by atoms with Crippen molar-refractivity contribution in [1.29, 1.82) is 0 Å². The number of anilines is 1. The fourth-order valence-electron chi connectivity index (χ4n) is 0.785. The van der Waals surface area contributed by atoms with Crippen molar-refractivity contribution in [3.8, 4) is 0 Å². The summed E-state index contributed by atoms with van der Waals surface area (Å²) in [5.74, 6) is 0.819. The Balaban J connectivity index is 0.000000385. The van der Waals surface area contributed by atoms with E-state index < -0.39 is 10.1 Å². The zero-order valence-corrected chi connectivity index (χ0v) is 9.88. The Morgan fingerprint density at radius 3 is 2.44 bits per heavy atom. The Morgan fingerprint density at radius 1 is 1.50 bits per heavy atom. The molecule has 1 aromatic rings. The van der Waals surface area contributed by atoms with E-state index in [0.717, 1.165) is 12.1 Å². The van der Waals surface area contributed by atoms with Crippen LogP contribution in [0.4, 0.5) is 5.82 Å². The second-order valence-corrected chi connectivity index (χ2v) is 4.43. The molecule has 6 nitrogen and oxygen atoms in total. The van der Waals surface area contributed by atoms with Gasteiger partial charge in [0.15, 0.2) is 0 Å². The minimum atomic E-state index is -3.67. The molecule has 0 aliphatic heterocycles. The van der Waals surface area contributed by atoms with E-state index in [9.17, 15) is 13.2 Å². The number of likely N-dealkylation sites (N-methyl/N-ethyl adjacent to an activating group) is 1. The third-order valence-electron chi connectivity index (χ3n) is 1.39. The first-order valence-electron chi connectivity index (χ1n) is 4.33. The quantitative estimate of drug-likeness (QED) is 0.606. The average Bonchev–Trinajstić information content (AvgIpc) is 2.17. The summed E-state index contributed by atoms with van der Waals surface area (Å²) in [4.78, 5) is 16.0. The second kappa shape index (κ2) is 6.91. The molecule has 0 aliphatic carbocycles. The molecule has 0 spiro atoms. The number of aldehydes is 1. The highest BCUT2D eigenvalue weighted by Crippen LogP contribution is 2.04. The van der Waals surface area contributed by atoms with Crippen molar-refractivity contribution in [3.05, 3.63) is 24.4 Å². The maximum absolute atomic E-state index is 10.1. The van der Waals surface area contributed by atoms with E-state index in [-0.39, 0.29) is 0 Å². The highest BCUT2D eigenvalue weighted by atomic mass is 32.2. The fraction of sp³-hybridized carbons (Fsp3) is 0.333. The van der Waals surface area contributed by atoms with Crippen molar-refractivity contribution in [2.45, 2.75) is 0 Å². The van der Waals surface area contributed by atoms with Crippen LogP contribution in [0, 0.1) is 0 Å². The van der Waals surface area contributed by atoms with E-state index in [1.165, 1.54) is 0 Å². The molecule has 16 heavy (non-hydrogen) atoms. The number of carbonyl (C=O) groups is 1. The third-order valence-corrected chi connectivity index (χ3v) is 1.39. The van der Waals surface area contributed by atoms with Crippen molar-refractivity contribution in [2.24, 2.45) is 0 Å². The third kappa shape index (κ3) is 9.10. The van der Waals surface area contributed by atoms with Gasteiger partial charge >= 0.3 is 0 Å². The van der Waals surface area contributed by atoms with Gasteiger partial charge in [-0.2, -0.15) is 8.42 Å². The van der Waals surface area contributed by atoms with E-state index in [1.54, 1.807) is 11.1 Å². The molecule has 0 saturated heterocycles. The largest absolute Gasteiger partial charge is 0.353 e. The molecule has 0 bridgehead atoms. The standard InChI is InChI=1S/C8H10N2O.CH4O3S/c1-10(6-7-11)8-4-2-3-5-9-8;1-5(2,3)4/h2-5,7H,6H2,1H3;1H3,(H,2,3,4). The molecular weight excluding hydrogens is 232 g/mol. The predicted molar refractivity (Wildman–Crippen MR) is 61.0 cm³/mol. The van der Waals surface area contributed by atoms with Gasteiger partial charge in [0.05, 0.1) is 12.8 Å². The number of rotatable bonds is 3. The van der Waals surface area contributed by atoms with Crippen molar-refractivity contribution in [2.75, 3.05) is 24.7 Å². The molecule has 7 heteroatoms. The van der Waals surface area contributed by atoms with Gasteiger partial charge in [0.25, 0.3) is 10.1 Å². The summed E-state index contributed by atoms with van der Waals surface area (Å²) in [7, 11) is -1.84. The Kier molecular flexibility index (Phi) is 6.28. The molecule has 90 valence electrons. The average molecular weight is 246 g/mol. The van der Waals surface area contributed by atoms with E-state index in [2.05, 4.69) is 4.98 Å². The van der Waals surface area contributed by atoms with E-state index in [0.29, 0.717) is 12.8 Å². The molecule has 1 rings (SSSR count). The van der Waals surface area contributed by atoms with Crippen LogP contribution in [0.5, 0.6) is 0 Å². The molecule has 0 atom stereocenters. The van der Waals surface area contributed by atoms with Gasteiger partial charge in [-0.1, -0.05) is 6.07 Å². The lowest BCUT2D eigenvalue weighted by atomic mass is 10.4. The van der Waals surface area contributed by atoms with Gasteiger partial charge in [-0.25, -0.2) is 4.98 Å². The molecule has 0 radical (unpaired) electrons. The molecule has 1 N–H and O–H groups in total. The zero-order valence-electron chi connectivity index (χ0n) is 9.07. The highest BCUT2D eigenvalue weighted by Gasteiger charge is 1.97. The normalized spacial score (nSPS) is 9.94. The Bertz CT molecular complexity index is 397. The minimum absolute atomic E-state index is 0.386. The highest BCUT2D eigenvalue weighted by molar-refractivity contribution is 7.85. The molecule has 0 saturated carbocycles. The van der Waals surface area contributed by atoms with Crippen molar-refractivity contribution in [1.82, 2.24) is 4.98 Å². The molecule has 0 aromatic carbocycles. The van der Waals surface area contributed by atoms with Gasteiger partial charge in [-0.15, -0.1) is 0 Å².